The quantitative estimate of drug-likeness (QED) is 0.670. The van der Waals surface area contributed by atoms with Crippen molar-refractivity contribution in [3.05, 3.63) is 11.8 Å². The van der Waals surface area contributed by atoms with Gasteiger partial charge in [0.1, 0.15) is 0 Å². The molecule has 0 aromatic rings. The highest BCUT2D eigenvalue weighted by Crippen LogP contribution is 2.22. The fraction of sp³-hybridized carbons (Fsp3) is 0.600. The molecule has 0 atom stereocenters. The SMILES string of the molecule is COC(=O)N(C(=O)OC)C1=CCCCC1. The first kappa shape index (κ1) is 11.6. The molecule has 0 bridgehead atoms. The molecule has 1 aliphatic carbocycles. The van der Waals surface area contributed by atoms with Gasteiger partial charge < -0.3 is 9.47 Å². The third-order valence-electron chi connectivity index (χ3n) is 2.27. The molecule has 0 spiro atoms. The summed E-state index contributed by atoms with van der Waals surface area (Å²) in [6.45, 7) is 0. The van der Waals surface area contributed by atoms with E-state index in [0.29, 0.717) is 12.1 Å². The minimum Gasteiger partial charge on any atom is -0.452 e. The Balaban J connectivity index is 2.84. The molecule has 0 radical (unpaired) electrons. The highest BCUT2D eigenvalue weighted by Gasteiger charge is 2.27. The smallest absolute Gasteiger partial charge is 0.423 e. The second-order valence-electron chi connectivity index (χ2n) is 3.22. The van der Waals surface area contributed by atoms with Gasteiger partial charge in [-0.25, -0.2) is 9.59 Å². The van der Waals surface area contributed by atoms with Gasteiger partial charge >= 0.3 is 12.2 Å². The van der Waals surface area contributed by atoms with Crippen molar-refractivity contribution in [3.8, 4) is 0 Å². The van der Waals surface area contributed by atoms with Gasteiger partial charge in [-0.1, -0.05) is 6.08 Å². The van der Waals surface area contributed by atoms with Crippen molar-refractivity contribution >= 4 is 12.2 Å². The first-order valence-corrected chi connectivity index (χ1v) is 4.85. The van der Waals surface area contributed by atoms with Crippen LogP contribution in [0, 0.1) is 0 Å². The average molecular weight is 213 g/mol. The van der Waals surface area contributed by atoms with Crippen molar-refractivity contribution < 1.29 is 19.1 Å². The lowest BCUT2D eigenvalue weighted by molar-refractivity contribution is 0.108. The predicted octanol–water partition coefficient (Wildman–Crippen LogP) is 2.28. The summed E-state index contributed by atoms with van der Waals surface area (Å²) in [4.78, 5) is 23.7. The number of ether oxygens (including phenoxy) is 2. The van der Waals surface area contributed by atoms with Crippen LogP contribution >= 0.6 is 0 Å². The van der Waals surface area contributed by atoms with Crippen LogP contribution in [0.3, 0.4) is 0 Å². The second kappa shape index (κ2) is 5.38. The monoisotopic (exact) mass is 213 g/mol. The molecule has 0 fully saturated rings. The van der Waals surface area contributed by atoms with Gasteiger partial charge in [0.2, 0.25) is 0 Å². The number of carbonyl (C=O) groups is 2. The van der Waals surface area contributed by atoms with Crippen LogP contribution in [0.5, 0.6) is 0 Å². The van der Waals surface area contributed by atoms with E-state index in [0.717, 1.165) is 24.2 Å². The Bertz CT molecular complexity index is 269. The molecule has 0 aliphatic heterocycles. The van der Waals surface area contributed by atoms with Crippen molar-refractivity contribution in [1.29, 1.82) is 0 Å². The van der Waals surface area contributed by atoms with Crippen molar-refractivity contribution in [2.75, 3.05) is 14.2 Å². The van der Waals surface area contributed by atoms with Crippen LogP contribution in [0.25, 0.3) is 0 Å². The largest absolute Gasteiger partial charge is 0.452 e. The maximum Gasteiger partial charge on any atom is 0.423 e. The first-order valence-electron chi connectivity index (χ1n) is 4.85. The first-order chi connectivity index (χ1) is 7.20. The average Bonchev–Trinajstić information content (AvgIpc) is 2.30. The maximum atomic E-state index is 11.4. The van der Waals surface area contributed by atoms with Crippen LogP contribution in [-0.2, 0) is 9.47 Å². The van der Waals surface area contributed by atoms with Crippen molar-refractivity contribution in [2.45, 2.75) is 25.7 Å². The lowest BCUT2D eigenvalue weighted by atomic mass is 10.0. The van der Waals surface area contributed by atoms with E-state index in [4.69, 9.17) is 0 Å². The van der Waals surface area contributed by atoms with Crippen LogP contribution in [0.2, 0.25) is 0 Å². The summed E-state index contributed by atoms with van der Waals surface area (Å²) in [6.07, 6.45) is 4.10. The fourth-order valence-corrected chi connectivity index (χ4v) is 1.52. The van der Waals surface area contributed by atoms with Crippen LogP contribution < -0.4 is 0 Å². The summed E-state index contributed by atoms with van der Waals surface area (Å²) in [5.41, 5.74) is 0.667. The van der Waals surface area contributed by atoms with Gasteiger partial charge in [0.15, 0.2) is 0 Å². The summed E-state index contributed by atoms with van der Waals surface area (Å²) in [5, 5.41) is 0. The molecule has 0 aromatic carbocycles. The molecular formula is C10H15NO4. The van der Waals surface area contributed by atoms with E-state index >= 15 is 0 Å². The molecule has 0 saturated heterocycles. The molecule has 0 saturated carbocycles. The van der Waals surface area contributed by atoms with Crippen LogP contribution in [0.4, 0.5) is 9.59 Å². The number of carbonyl (C=O) groups excluding carboxylic acids is 2. The summed E-state index contributed by atoms with van der Waals surface area (Å²) in [5.74, 6) is 0. The topological polar surface area (TPSA) is 55.8 Å². The molecule has 1 aliphatic rings. The molecule has 5 nitrogen and oxygen atoms in total. The van der Waals surface area contributed by atoms with E-state index in [-0.39, 0.29) is 0 Å². The number of amides is 2. The lowest BCUT2D eigenvalue weighted by Gasteiger charge is -2.23. The fourth-order valence-electron chi connectivity index (χ4n) is 1.52. The Labute approximate surface area is 88.6 Å². The van der Waals surface area contributed by atoms with Crippen LogP contribution in [0.1, 0.15) is 25.7 Å². The zero-order valence-corrected chi connectivity index (χ0v) is 8.99. The van der Waals surface area contributed by atoms with Gasteiger partial charge in [-0.3, -0.25) is 0 Å². The predicted molar refractivity (Wildman–Crippen MR) is 53.2 cm³/mol. The van der Waals surface area contributed by atoms with Gasteiger partial charge in [-0.05, 0) is 25.7 Å². The molecule has 0 aromatic heterocycles. The third-order valence-corrected chi connectivity index (χ3v) is 2.27. The molecule has 1 rings (SSSR count). The highest BCUT2D eigenvalue weighted by atomic mass is 16.6. The number of hydrogen-bond donors (Lipinski definition) is 0. The Morgan fingerprint density at radius 1 is 1.20 bits per heavy atom. The lowest BCUT2D eigenvalue weighted by Crippen LogP contribution is -2.36. The summed E-state index contributed by atoms with van der Waals surface area (Å²) in [6, 6.07) is 0. The summed E-state index contributed by atoms with van der Waals surface area (Å²) >= 11 is 0. The Hall–Kier alpha value is -1.52. The number of rotatable bonds is 1. The number of imide groups is 1. The van der Waals surface area contributed by atoms with Crippen molar-refractivity contribution in [2.24, 2.45) is 0 Å². The number of allylic oxidation sites excluding steroid dienone is 2. The maximum absolute atomic E-state index is 11.4. The Morgan fingerprint density at radius 3 is 2.20 bits per heavy atom. The Morgan fingerprint density at radius 2 is 1.80 bits per heavy atom. The van der Waals surface area contributed by atoms with E-state index < -0.39 is 12.2 Å². The van der Waals surface area contributed by atoms with E-state index in [1.165, 1.54) is 14.2 Å². The molecule has 15 heavy (non-hydrogen) atoms. The summed E-state index contributed by atoms with van der Waals surface area (Å²) < 4.78 is 9.07. The minimum atomic E-state index is -0.699. The van der Waals surface area contributed by atoms with E-state index in [1.54, 1.807) is 0 Å². The van der Waals surface area contributed by atoms with E-state index in [1.807, 2.05) is 6.08 Å². The number of methoxy groups -OCH3 is 2. The van der Waals surface area contributed by atoms with Crippen molar-refractivity contribution in [1.82, 2.24) is 4.90 Å². The van der Waals surface area contributed by atoms with Gasteiger partial charge in [0, 0.05) is 5.70 Å². The zero-order valence-electron chi connectivity index (χ0n) is 8.99. The van der Waals surface area contributed by atoms with Crippen LogP contribution in [0.15, 0.2) is 11.8 Å². The Kier molecular flexibility index (Phi) is 4.15. The number of hydrogen-bond acceptors (Lipinski definition) is 4. The van der Waals surface area contributed by atoms with Gasteiger partial charge in [-0.2, -0.15) is 4.90 Å². The molecule has 2 amide bonds. The molecular weight excluding hydrogens is 198 g/mol. The third kappa shape index (κ3) is 2.71. The van der Waals surface area contributed by atoms with Gasteiger partial charge in [0.25, 0.3) is 0 Å². The molecule has 0 N–H and O–H groups in total. The normalized spacial score (nSPS) is 15.2. The zero-order chi connectivity index (χ0) is 11.3. The van der Waals surface area contributed by atoms with Crippen molar-refractivity contribution in [3.63, 3.8) is 0 Å². The molecule has 5 heteroatoms. The minimum absolute atomic E-state index is 0.667. The molecule has 0 heterocycles. The van der Waals surface area contributed by atoms with Crippen LogP contribution in [-0.4, -0.2) is 31.3 Å². The molecule has 84 valence electrons. The summed E-state index contributed by atoms with van der Waals surface area (Å²) in [7, 11) is 2.48. The second-order valence-corrected chi connectivity index (χ2v) is 3.22. The van der Waals surface area contributed by atoms with E-state index in [2.05, 4.69) is 9.47 Å². The van der Waals surface area contributed by atoms with Gasteiger partial charge in [0.05, 0.1) is 14.2 Å². The van der Waals surface area contributed by atoms with Gasteiger partial charge in [-0.15, -0.1) is 0 Å². The standard InChI is InChI=1S/C10H15NO4/c1-14-9(12)11(10(13)15-2)8-6-4-3-5-7-8/h6H,3-5,7H2,1-2H3. The highest BCUT2D eigenvalue weighted by molar-refractivity contribution is 5.90. The van der Waals surface area contributed by atoms with E-state index in [9.17, 15) is 9.59 Å². The number of nitrogens with zero attached hydrogens (tertiary/aromatic N) is 1. The molecule has 0 unspecified atom stereocenters.